The zero-order chi connectivity index (χ0) is 17.0. The molecule has 3 aromatic rings. The van der Waals surface area contributed by atoms with Gasteiger partial charge in [0.2, 0.25) is 0 Å². The maximum atomic E-state index is 13.0. The van der Waals surface area contributed by atoms with Gasteiger partial charge in [-0.05, 0) is 48.9 Å². The van der Waals surface area contributed by atoms with Gasteiger partial charge in [-0.2, -0.15) is 0 Å². The number of rotatable bonds is 1. The van der Waals surface area contributed by atoms with E-state index in [0.717, 1.165) is 5.56 Å². The highest BCUT2D eigenvalue weighted by atomic mass is 35.5. The number of halogens is 2. The number of carbonyl (C=O) groups excluding carboxylic acids is 2. The van der Waals surface area contributed by atoms with E-state index in [1.54, 1.807) is 30.3 Å². The van der Waals surface area contributed by atoms with Crippen molar-refractivity contribution < 1.29 is 9.59 Å². The van der Waals surface area contributed by atoms with Crippen LogP contribution in [0.15, 0.2) is 48.5 Å². The van der Waals surface area contributed by atoms with Gasteiger partial charge in [-0.3, -0.25) is 9.59 Å². The molecule has 4 rings (SSSR count). The van der Waals surface area contributed by atoms with Crippen LogP contribution < -0.4 is 4.90 Å². The number of imide groups is 1. The maximum Gasteiger partial charge on any atom is 0.265 e. The maximum absolute atomic E-state index is 13.0. The third kappa shape index (κ3) is 2.05. The minimum absolute atomic E-state index is 0.373. The minimum Gasteiger partial charge on any atom is -0.268 e. The lowest BCUT2D eigenvalue weighted by Gasteiger charge is -2.28. The van der Waals surface area contributed by atoms with Gasteiger partial charge in [-0.1, -0.05) is 35.3 Å². The summed E-state index contributed by atoms with van der Waals surface area (Å²) in [5.41, 5.74) is 2.37. The third-order valence-corrected chi connectivity index (χ3v) is 4.82. The average Bonchev–Trinajstić information content (AvgIpc) is 2.54. The molecule has 118 valence electrons. The molecular formula is C19H11Cl2NO2. The fourth-order valence-corrected chi connectivity index (χ4v) is 3.67. The minimum atomic E-state index is -0.373. The van der Waals surface area contributed by atoms with Crippen molar-refractivity contribution in [2.75, 3.05) is 4.90 Å². The molecule has 1 aliphatic heterocycles. The summed E-state index contributed by atoms with van der Waals surface area (Å²) in [5.74, 6) is -0.746. The van der Waals surface area contributed by atoms with Crippen molar-refractivity contribution >= 4 is 51.5 Å². The zero-order valence-corrected chi connectivity index (χ0v) is 14.2. The van der Waals surface area contributed by atoms with Crippen molar-refractivity contribution in [3.8, 4) is 0 Å². The van der Waals surface area contributed by atoms with Gasteiger partial charge in [-0.25, -0.2) is 4.90 Å². The lowest BCUT2D eigenvalue weighted by Crippen LogP contribution is -2.40. The molecule has 2 amide bonds. The van der Waals surface area contributed by atoms with Crippen LogP contribution in [-0.4, -0.2) is 11.8 Å². The lowest BCUT2D eigenvalue weighted by atomic mass is 9.93. The first-order valence-electron chi connectivity index (χ1n) is 7.35. The Bertz CT molecular complexity index is 986. The Morgan fingerprint density at radius 2 is 1.38 bits per heavy atom. The molecule has 0 saturated carbocycles. The van der Waals surface area contributed by atoms with E-state index in [4.69, 9.17) is 23.2 Å². The first-order valence-corrected chi connectivity index (χ1v) is 8.11. The van der Waals surface area contributed by atoms with E-state index in [0.29, 0.717) is 37.6 Å². The Morgan fingerprint density at radius 3 is 1.92 bits per heavy atom. The summed E-state index contributed by atoms with van der Waals surface area (Å²) in [6.45, 7) is 1.91. The zero-order valence-electron chi connectivity index (χ0n) is 12.6. The summed E-state index contributed by atoms with van der Waals surface area (Å²) in [5, 5.41) is 1.91. The van der Waals surface area contributed by atoms with Crippen LogP contribution in [0.25, 0.3) is 10.8 Å². The molecule has 0 radical (unpaired) electrons. The van der Waals surface area contributed by atoms with Crippen LogP contribution in [0, 0.1) is 6.92 Å². The molecule has 0 unspecified atom stereocenters. The van der Waals surface area contributed by atoms with E-state index in [9.17, 15) is 9.59 Å². The van der Waals surface area contributed by atoms with Gasteiger partial charge in [0.1, 0.15) is 0 Å². The van der Waals surface area contributed by atoms with Crippen molar-refractivity contribution in [1.82, 2.24) is 0 Å². The normalized spacial score (nSPS) is 13.7. The second-order valence-corrected chi connectivity index (χ2v) is 6.54. The predicted molar refractivity (Wildman–Crippen MR) is 96.3 cm³/mol. The van der Waals surface area contributed by atoms with E-state index in [1.165, 1.54) is 4.90 Å². The summed E-state index contributed by atoms with van der Waals surface area (Å²) in [6, 6.07) is 13.8. The molecule has 0 bridgehead atoms. The lowest BCUT2D eigenvalue weighted by molar-refractivity contribution is 0.0893. The standard InChI is InChI=1S/C19H11Cl2NO2/c1-10-3-2-4-11(9-10)22-18(23)12-5-7-14(20)17-15(21)8-6-13(16(12)17)19(22)24/h2-9H,1H3. The summed E-state index contributed by atoms with van der Waals surface area (Å²) >= 11 is 12.5. The molecule has 0 aliphatic carbocycles. The van der Waals surface area contributed by atoms with Gasteiger partial charge >= 0.3 is 0 Å². The van der Waals surface area contributed by atoms with Gasteiger partial charge in [0.05, 0.1) is 5.69 Å². The highest BCUT2D eigenvalue weighted by molar-refractivity contribution is 6.46. The van der Waals surface area contributed by atoms with Gasteiger partial charge < -0.3 is 0 Å². The Kier molecular flexibility index (Phi) is 3.37. The van der Waals surface area contributed by atoms with Crippen molar-refractivity contribution in [3.63, 3.8) is 0 Å². The number of hydrogen-bond acceptors (Lipinski definition) is 2. The molecule has 0 N–H and O–H groups in total. The quantitative estimate of drug-likeness (QED) is 0.558. The fraction of sp³-hybridized carbons (Fsp3) is 0.0526. The number of benzene rings is 3. The second kappa shape index (κ2) is 5.33. The molecule has 0 saturated heterocycles. The van der Waals surface area contributed by atoms with E-state index < -0.39 is 0 Å². The van der Waals surface area contributed by atoms with Gasteiger partial charge in [-0.15, -0.1) is 0 Å². The molecule has 1 aliphatic rings. The Labute approximate surface area is 148 Å². The second-order valence-electron chi connectivity index (χ2n) is 5.72. The first kappa shape index (κ1) is 15.2. The van der Waals surface area contributed by atoms with Gasteiger partial charge in [0, 0.05) is 31.9 Å². The first-order chi connectivity index (χ1) is 11.5. The smallest absolute Gasteiger partial charge is 0.265 e. The van der Waals surface area contributed by atoms with E-state index >= 15 is 0 Å². The number of amides is 2. The van der Waals surface area contributed by atoms with Crippen LogP contribution in [-0.2, 0) is 0 Å². The summed E-state index contributed by atoms with van der Waals surface area (Å²) < 4.78 is 0. The van der Waals surface area contributed by atoms with Crippen LogP contribution in [0.4, 0.5) is 5.69 Å². The number of carbonyl (C=O) groups is 2. The van der Waals surface area contributed by atoms with Gasteiger partial charge in [0.25, 0.3) is 11.8 Å². The Morgan fingerprint density at radius 1 is 0.792 bits per heavy atom. The number of aryl methyl sites for hydroxylation is 1. The predicted octanol–water partition coefficient (Wildman–Crippen LogP) is 5.26. The SMILES string of the molecule is Cc1cccc(N2C(=O)c3ccc(Cl)c4c(Cl)ccc(c34)C2=O)c1. The summed E-state index contributed by atoms with van der Waals surface area (Å²) in [7, 11) is 0. The van der Waals surface area contributed by atoms with Crippen molar-refractivity contribution in [2.24, 2.45) is 0 Å². The van der Waals surface area contributed by atoms with Crippen LogP contribution in [0.2, 0.25) is 10.0 Å². The van der Waals surface area contributed by atoms with Crippen LogP contribution >= 0.6 is 23.2 Å². The molecule has 3 aromatic carbocycles. The van der Waals surface area contributed by atoms with E-state index in [-0.39, 0.29) is 11.8 Å². The highest BCUT2D eigenvalue weighted by Crippen LogP contribution is 2.39. The molecule has 0 spiro atoms. The molecule has 1 heterocycles. The average molecular weight is 356 g/mol. The molecule has 0 aromatic heterocycles. The Hall–Kier alpha value is -2.36. The number of anilines is 1. The monoisotopic (exact) mass is 355 g/mol. The molecule has 0 atom stereocenters. The fourth-order valence-electron chi connectivity index (χ4n) is 3.10. The molecule has 24 heavy (non-hydrogen) atoms. The van der Waals surface area contributed by atoms with Crippen molar-refractivity contribution in [1.29, 1.82) is 0 Å². The summed E-state index contributed by atoms with van der Waals surface area (Å²) in [6.07, 6.45) is 0. The van der Waals surface area contributed by atoms with Crippen molar-refractivity contribution in [3.05, 3.63) is 75.3 Å². The largest absolute Gasteiger partial charge is 0.268 e. The molecular weight excluding hydrogens is 345 g/mol. The Balaban J connectivity index is 2.03. The number of nitrogens with zero attached hydrogens (tertiary/aromatic N) is 1. The van der Waals surface area contributed by atoms with Gasteiger partial charge in [0.15, 0.2) is 0 Å². The third-order valence-electron chi connectivity index (χ3n) is 4.19. The molecule has 3 nitrogen and oxygen atoms in total. The highest BCUT2D eigenvalue weighted by Gasteiger charge is 2.34. The number of hydrogen-bond donors (Lipinski definition) is 0. The summed E-state index contributed by atoms with van der Waals surface area (Å²) in [4.78, 5) is 27.1. The topological polar surface area (TPSA) is 37.4 Å². The van der Waals surface area contributed by atoms with E-state index in [1.807, 2.05) is 25.1 Å². The molecule has 5 heteroatoms. The van der Waals surface area contributed by atoms with Crippen LogP contribution in [0.1, 0.15) is 26.3 Å². The van der Waals surface area contributed by atoms with Crippen LogP contribution in [0.5, 0.6) is 0 Å². The van der Waals surface area contributed by atoms with E-state index in [2.05, 4.69) is 0 Å². The van der Waals surface area contributed by atoms with Crippen LogP contribution in [0.3, 0.4) is 0 Å². The van der Waals surface area contributed by atoms with Crippen molar-refractivity contribution in [2.45, 2.75) is 6.92 Å². The molecule has 0 fully saturated rings.